The number of aryl methyl sites for hydroxylation is 1. The van der Waals surface area contributed by atoms with Gasteiger partial charge >= 0.3 is 0 Å². The van der Waals surface area contributed by atoms with Crippen LogP contribution in [-0.4, -0.2) is 60.2 Å². The highest BCUT2D eigenvalue weighted by Gasteiger charge is 2.20. The Labute approximate surface area is 178 Å². The van der Waals surface area contributed by atoms with Crippen molar-refractivity contribution in [1.82, 2.24) is 20.3 Å². The number of aliphatic imine (C=N–C) groups is 1. The second kappa shape index (κ2) is 9.76. The van der Waals surface area contributed by atoms with Crippen molar-refractivity contribution in [2.45, 2.75) is 26.8 Å². The highest BCUT2D eigenvalue weighted by Crippen LogP contribution is 2.19. The Morgan fingerprint density at radius 3 is 2.67 bits per heavy atom. The van der Waals surface area contributed by atoms with Gasteiger partial charge in [-0.1, -0.05) is 47.6 Å². The molecule has 6 heteroatoms. The van der Waals surface area contributed by atoms with Gasteiger partial charge in [-0.05, 0) is 36.6 Å². The maximum Gasteiger partial charge on any atom is 0.194 e. The molecule has 0 amide bonds. The van der Waals surface area contributed by atoms with Crippen molar-refractivity contribution >= 4 is 16.7 Å². The third-order valence-electron chi connectivity index (χ3n) is 5.59. The van der Waals surface area contributed by atoms with Crippen LogP contribution >= 0.6 is 0 Å². The van der Waals surface area contributed by atoms with E-state index >= 15 is 0 Å². The van der Waals surface area contributed by atoms with Gasteiger partial charge in [0.15, 0.2) is 5.96 Å². The number of nitrogens with zero attached hydrogens (tertiary/aromatic N) is 4. The SMILES string of the molecule is CCNC(=NCCc1cccc2ccccc12)N1CCN(Cc2cc(C)on2)CC1. The monoisotopic (exact) mass is 405 g/mol. The van der Waals surface area contributed by atoms with Crippen molar-refractivity contribution in [3.8, 4) is 0 Å². The van der Waals surface area contributed by atoms with Crippen LogP contribution in [0.2, 0.25) is 0 Å². The molecule has 158 valence electrons. The lowest BCUT2D eigenvalue weighted by molar-refractivity contribution is 0.169. The number of rotatable bonds is 6. The van der Waals surface area contributed by atoms with E-state index in [4.69, 9.17) is 9.52 Å². The zero-order valence-electron chi connectivity index (χ0n) is 18.0. The number of benzene rings is 2. The molecule has 1 aliphatic rings. The largest absolute Gasteiger partial charge is 0.361 e. The van der Waals surface area contributed by atoms with Gasteiger partial charge in [-0.2, -0.15) is 0 Å². The van der Waals surface area contributed by atoms with Gasteiger partial charge < -0.3 is 14.7 Å². The summed E-state index contributed by atoms with van der Waals surface area (Å²) in [7, 11) is 0. The van der Waals surface area contributed by atoms with Gasteiger partial charge in [0, 0.05) is 51.9 Å². The Bertz CT molecular complexity index is 983. The maximum absolute atomic E-state index is 5.19. The third-order valence-corrected chi connectivity index (χ3v) is 5.59. The van der Waals surface area contributed by atoms with E-state index in [-0.39, 0.29) is 0 Å². The molecule has 0 aliphatic carbocycles. The van der Waals surface area contributed by atoms with Crippen molar-refractivity contribution in [2.75, 3.05) is 39.3 Å². The molecule has 3 aromatic rings. The molecule has 6 nitrogen and oxygen atoms in total. The number of guanidine groups is 1. The number of aromatic nitrogens is 1. The summed E-state index contributed by atoms with van der Waals surface area (Å²) in [5, 5.41) is 10.2. The van der Waals surface area contributed by atoms with Crippen molar-refractivity contribution in [2.24, 2.45) is 4.99 Å². The first-order chi connectivity index (χ1) is 14.7. The first-order valence-corrected chi connectivity index (χ1v) is 10.9. The smallest absolute Gasteiger partial charge is 0.194 e. The van der Waals surface area contributed by atoms with Gasteiger partial charge in [0.2, 0.25) is 0 Å². The zero-order chi connectivity index (χ0) is 20.8. The van der Waals surface area contributed by atoms with Gasteiger partial charge in [0.25, 0.3) is 0 Å². The van der Waals surface area contributed by atoms with Crippen LogP contribution in [0, 0.1) is 6.92 Å². The predicted octanol–water partition coefficient (Wildman–Crippen LogP) is 3.46. The summed E-state index contributed by atoms with van der Waals surface area (Å²) in [5.41, 5.74) is 2.37. The maximum atomic E-state index is 5.19. The normalized spacial score (nSPS) is 15.7. The number of nitrogens with one attached hydrogen (secondary N) is 1. The lowest BCUT2D eigenvalue weighted by atomic mass is 10.0. The van der Waals surface area contributed by atoms with Crippen LogP contribution in [0.5, 0.6) is 0 Å². The minimum Gasteiger partial charge on any atom is -0.361 e. The van der Waals surface area contributed by atoms with Crippen LogP contribution in [0.15, 0.2) is 58.0 Å². The Morgan fingerprint density at radius 1 is 1.10 bits per heavy atom. The van der Waals surface area contributed by atoms with E-state index in [1.807, 2.05) is 13.0 Å². The van der Waals surface area contributed by atoms with Crippen LogP contribution in [-0.2, 0) is 13.0 Å². The van der Waals surface area contributed by atoms with E-state index < -0.39 is 0 Å². The predicted molar refractivity (Wildman–Crippen MR) is 122 cm³/mol. The fraction of sp³-hybridized carbons (Fsp3) is 0.417. The van der Waals surface area contributed by atoms with Crippen LogP contribution in [0.1, 0.15) is 23.9 Å². The van der Waals surface area contributed by atoms with Crippen LogP contribution in [0.4, 0.5) is 0 Å². The van der Waals surface area contributed by atoms with Crippen molar-refractivity contribution in [1.29, 1.82) is 0 Å². The Kier molecular flexibility index (Phi) is 6.64. The molecule has 0 spiro atoms. The molecule has 0 radical (unpaired) electrons. The molecule has 0 bridgehead atoms. The molecule has 1 N–H and O–H groups in total. The molecule has 4 rings (SSSR count). The summed E-state index contributed by atoms with van der Waals surface area (Å²) in [4.78, 5) is 9.73. The van der Waals surface area contributed by atoms with Crippen LogP contribution < -0.4 is 5.32 Å². The Morgan fingerprint density at radius 2 is 1.90 bits per heavy atom. The number of hydrogen-bond acceptors (Lipinski definition) is 4. The number of hydrogen-bond donors (Lipinski definition) is 1. The fourth-order valence-electron chi connectivity index (χ4n) is 4.06. The highest BCUT2D eigenvalue weighted by molar-refractivity contribution is 5.85. The molecule has 0 saturated carbocycles. The van der Waals surface area contributed by atoms with Gasteiger partial charge in [-0.3, -0.25) is 9.89 Å². The molecule has 30 heavy (non-hydrogen) atoms. The van der Waals surface area contributed by atoms with E-state index in [1.165, 1.54) is 16.3 Å². The van der Waals surface area contributed by atoms with Gasteiger partial charge in [-0.15, -0.1) is 0 Å². The number of piperazine rings is 1. The van der Waals surface area contributed by atoms with Gasteiger partial charge in [0.1, 0.15) is 5.76 Å². The molecule has 2 heterocycles. The second-order valence-electron chi connectivity index (χ2n) is 7.82. The molecular formula is C24H31N5O. The van der Waals surface area contributed by atoms with Crippen molar-refractivity contribution < 1.29 is 4.52 Å². The Hall–Kier alpha value is -2.86. The van der Waals surface area contributed by atoms with Crippen molar-refractivity contribution in [3.63, 3.8) is 0 Å². The van der Waals surface area contributed by atoms with Crippen LogP contribution in [0.3, 0.4) is 0 Å². The highest BCUT2D eigenvalue weighted by atomic mass is 16.5. The minimum atomic E-state index is 0.786. The van der Waals surface area contributed by atoms with Gasteiger partial charge in [-0.25, -0.2) is 0 Å². The lowest BCUT2D eigenvalue weighted by Crippen LogP contribution is -2.52. The summed E-state index contributed by atoms with van der Waals surface area (Å²) in [6.45, 7) is 10.5. The first-order valence-electron chi connectivity index (χ1n) is 10.9. The quantitative estimate of drug-likeness (QED) is 0.503. The van der Waals surface area contributed by atoms with Gasteiger partial charge in [0.05, 0.1) is 5.69 Å². The van der Waals surface area contributed by atoms with E-state index in [2.05, 4.69) is 69.7 Å². The molecule has 1 saturated heterocycles. The topological polar surface area (TPSA) is 56.9 Å². The lowest BCUT2D eigenvalue weighted by Gasteiger charge is -2.36. The van der Waals surface area contributed by atoms with E-state index in [0.29, 0.717) is 0 Å². The fourth-order valence-corrected chi connectivity index (χ4v) is 4.06. The summed E-state index contributed by atoms with van der Waals surface area (Å²) >= 11 is 0. The first kappa shape index (κ1) is 20.4. The molecule has 1 aromatic heterocycles. The van der Waals surface area contributed by atoms with E-state index in [1.54, 1.807) is 0 Å². The zero-order valence-corrected chi connectivity index (χ0v) is 18.0. The van der Waals surface area contributed by atoms with E-state index in [0.717, 1.165) is 69.6 Å². The standard InChI is InChI=1S/C24H31N5O/c1-3-25-24(26-12-11-21-9-6-8-20-7-4-5-10-23(20)21)29-15-13-28(14-16-29)18-22-17-19(2)30-27-22/h4-10,17H,3,11-16,18H2,1-2H3,(H,25,26). The molecule has 0 unspecified atom stereocenters. The number of fused-ring (bicyclic) bond motifs is 1. The summed E-state index contributed by atoms with van der Waals surface area (Å²) in [6, 6.07) is 17.1. The molecule has 1 aliphatic heterocycles. The summed E-state index contributed by atoms with van der Waals surface area (Å²) < 4.78 is 5.19. The molecular weight excluding hydrogens is 374 g/mol. The average molecular weight is 406 g/mol. The minimum absolute atomic E-state index is 0.786. The van der Waals surface area contributed by atoms with Crippen molar-refractivity contribution in [3.05, 3.63) is 65.5 Å². The average Bonchev–Trinajstić information content (AvgIpc) is 3.18. The summed E-state index contributed by atoms with van der Waals surface area (Å²) in [5.74, 6) is 1.89. The molecule has 2 aromatic carbocycles. The molecule has 1 fully saturated rings. The van der Waals surface area contributed by atoms with E-state index in [9.17, 15) is 0 Å². The third kappa shape index (κ3) is 5.00. The molecule has 0 atom stereocenters. The van der Waals surface area contributed by atoms with Crippen LogP contribution in [0.25, 0.3) is 10.8 Å². The summed E-state index contributed by atoms with van der Waals surface area (Å²) in [6.07, 6.45) is 0.946. The Balaban J connectivity index is 1.34. The second-order valence-corrected chi connectivity index (χ2v) is 7.82.